The van der Waals surface area contributed by atoms with E-state index < -0.39 is 0 Å². The molecule has 0 fully saturated rings. The third-order valence-corrected chi connectivity index (χ3v) is 9.06. The lowest BCUT2D eigenvalue weighted by molar-refractivity contribution is -0.0286. The first-order chi connectivity index (χ1) is 21.7. The Kier molecular flexibility index (Phi) is 23.2. The van der Waals surface area contributed by atoms with Gasteiger partial charge in [-0.3, -0.25) is 14.5 Å². The van der Waals surface area contributed by atoms with E-state index in [9.17, 15) is 9.59 Å². The topological polar surface area (TPSA) is 55.8 Å². The van der Waals surface area contributed by atoms with Gasteiger partial charge in [0.2, 0.25) is 0 Å². The summed E-state index contributed by atoms with van der Waals surface area (Å²) < 4.78 is 12.3. The summed E-state index contributed by atoms with van der Waals surface area (Å²) in [5, 5.41) is 0. The van der Waals surface area contributed by atoms with Gasteiger partial charge in [0, 0.05) is 13.2 Å². The van der Waals surface area contributed by atoms with Gasteiger partial charge in [-0.15, -0.1) is 0 Å². The van der Waals surface area contributed by atoms with E-state index in [0.717, 1.165) is 19.3 Å². The van der Waals surface area contributed by atoms with Crippen molar-refractivity contribution in [2.75, 3.05) is 26.4 Å². The molecule has 5 heteroatoms. The molecular weight excluding hydrogens is 546 g/mol. The van der Waals surface area contributed by atoms with Crippen molar-refractivity contribution in [2.45, 2.75) is 174 Å². The highest BCUT2D eigenvalue weighted by Crippen LogP contribution is 2.23. The van der Waals surface area contributed by atoms with Crippen molar-refractivity contribution >= 4 is 11.8 Å². The summed E-state index contributed by atoms with van der Waals surface area (Å²) in [5.74, 6) is -0.434. The number of carbonyl (C=O) groups excluding carboxylic acids is 2. The van der Waals surface area contributed by atoms with Gasteiger partial charge in [0.05, 0.1) is 30.4 Å². The van der Waals surface area contributed by atoms with Crippen LogP contribution in [0.2, 0.25) is 0 Å². The molecule has 1 aliphatic heterocycles. The van der Waals surface area contributed by atoms with Crippen LogP contribution in [0.4, 0.5) is 0 Å². The van der Waals surface area contributed by atoms with Gasteiger partial charge in [-0.25, -0.2) is 0 Å². The SMILES string of the molecule is CCCCCCCCCCCCCCCCOC(COCCCCCCCCCCCC)CN1C(=O)c2ccccc2C1=O. The zero-order valence-electron chi connectivity index (χ0n) is 28.8. The van der Waals surface area contributed by atoms with Crippen LogP contribution in [0.3, 0.4) is 0 Å². The molecule has 0 saturated carbocycles. The highest BCUT2D eigenvalue weighted by molar-refractivity contribution is 6.21. The van der Waals surface area contributed by atoms with Crippen LogP contribution in [-0.4, -0.2) is 49.2 Å². The number of imide groups is 1. The van der Waals surface area contributed by atoms with Gasteiger partial charge in [-0.2, -0.15) is 0 Å². The molecule has 252 valence electrons. The van der Waals surface area contributed by atoms with Crippen LogP contribution >= 0.6 is 0 Å². The van der Waals surface area contributed by atoms with Crippen molar-refractivity contribution in [3.8, 4) is 0 Å². The standard InChI is InChI=1S/C39H67NO4/c1-3-5-7-9-11-13-15-16-17-18-20-22-24-28-32-44-35(33-40-38(41)36-29-25-26-30-37(36)39(40)42)34-43-31-27-23-21-19-14-12-10-8-6-4-2/h25-26,29-30,35H,3-24,27-28,31-34H2,1-2H3. The molecule has 0 aliphatic carbocycles. The molecule has 1 atom stereocenters. The fourth-order valence-corrected chi connectivity index (χ4v) is 6.22. The molecule has 0 spiro atoms. The summed E-state index contributed by atoms with van der Waals surface area (Å²) in [6.45, 7) is 6.57. The van der Waals surface area contributed by atoms with E-state index in [0.29, 0.717) is 30.9 Å². The number of rotatable bonds is 31. The zero-order chi connectivity index (χ0) is 31.5. The highest BCUT2D eigenvalue weighted by atomic mass is 16.5. The number of hydrogen-bond donors (Lipinski definition) is 0. The molecule has 1 aromatic carbocycles. The van der Waals surface area contributed by atoms with E-state index in [1.54, 1.807) is 12.1 Å². The smallest absolute Gasteiger partial charge is 0.261 e. The lowest BCUT2D eigenvalue weighted by atomic mass is 10.0. The van der Waals surface area contributed by atoms with Crippen molar-refractivity contribution < 1.29 is 19.1 Å². The maximum Gasteiger partial charge on any atom is 0.261 e. The van der Waals surface area contributed by atoms with Crippen molar-refractivity contribution in [1.29, 1.82) is 0 Å². The quantitative estimate of drug-likeness (QED) is 0.0617. The lowest BCUT2D eigenvalue weighted by Gasteiger charge is -2.23. The van der Waals surface area contributed by atoms with Gasteiger partial charge >= 0.3 is 0 Å². The fourth-order valence-electron chi connectivity index (χ4n) is 6.22. The molecule has 1 heterocycles. The first kappa shape index (κ1) is 38.5. The fraction of sp³-hybridized carbons (Fsp3) is 0.795. The first-order valence-electron chi connectivity index (χ1n) is 18.8. The van der Waals surface area contributed by atoms with E-state index in [-0.39, 0.29) is 24.5 Å². The van der Waals surface area contributed by atoms with Gasteiger partial charge in [0.15, 0.2) is 0 Å². The summed E-state index contributed by atoms with van der Waals surface area (Å²) in [5.41, 5.74) is 0.990. The molecule has 0 aromatic heterocycles. The highest BCUT2D eigenvalue weighted by Gasteiger charge is 2.36. The van der Waals surface area contributed by atoms with Crippen LogP contribution in [0.5, 0.6) is 0 Å². The van der Waals surface area contributed by atoms with E-state index in [1.165, 1.54) is 140 Å². The van der Waals surface area contributed by atoms with E-state index >= 15 is 0 Å². The lowest BCUT2D eigenvalue weighted by Crippen LogP contribution is -2.40. The van der Waals surface area contributed by atoms with E-state index in [4.69, 9.17) is 9.47 Å². The van der Waals surface area contributed by atoms with Crippen LogP contribution in [0.15, 0.2) is 24.3 Å². The van der Waals surface area contributed by atoms with Crippen molar-refractivity contribution in [1.82, 2.24) is 4.90 Å². The normalized spacial score (nSPS) is 13.6. The summed E-state index contributed by atoms with van der Waals surface area (Å²) >= 11 is 0. The average molecular weight is 614 g/mol. The molecule has 2 rings (SSSR count). The predicted octanol–water partition coefficient (Wildman–Crippen LogP) is 11.1. The van der Waals surface area contributed by atoms with Gasteiger partial charge in [0.25, 0.3) is 11.8 Å². The van der Waals surface area contributed by atoms with Crippen LogP contribution in [0.1, 0.15) is 189 Å². The predicted molar refractivity (Wildman–Crippen MR) is 185 cm³/mol. The summed E-state index contributed by atoms with van der Waals surface area (Å²) in [6.07, 6.45) is 31.3. The molecule has 0 radical (unpaired) electrons. The van der Waals surface area contributed by atoms with Crippen LogP contribution in [0.25, 0.3) is 0 Å². The number of nitrogens with zero attached hydrogens (tertiary/aromatic N) is 1. The monoisotopic (exact) mass is 614 g/mol. The second kappa shape index (κ2) is 26.5. The first-order valence-corrected chi connectivity index (χ1v) is 18.8. The van der Waals surface area contributed by atoms with Crippen LogP contribution in [0, 0.1) is 0 Å². The number of ether oxygens (including phenoxy) is 2. The minimum absolute atomic E-state index is 0.217. The van der Waals surface area contributed by atoms with Gasteiger partial charge < -0.3 is 9.47 Å². The Morgan fingerprint density at radius 3 is 1.30 bits per heavy atom. The second-order valence-electron chi connectivity index (χ2n) is 13.1. The van der Waals surface area contributed by atoms with Crippen molar-refractivity contribution in [2.24, 2.45) is 0 Å². The maximum absolute atomic E-state index is 12.9. The largest absolute Gasteiger partial charge is 0.379 e. The van der Waals surface area contributed by atoms with E-state index in [1.807, 2.05) is 12.1 Å². The summed E-state index contributed by atoms with van der Waals surface area (Å²) in [6, 6.07) is 7.10. The molecule has 0 N–H and O–H groups in total. The van der Waals surface area contributed by atoms with Gasteiger partial charge in [-0.1, -0.05) is 167 Å². The molecule has 1 aliphatic rings. The zero-order valence-corrected chi connectivity index (χ0v) is 28.8. The average Bonchev–Trinajstić information content (AvgIpc) is 3.27. The summed E-state index contributed by atoms with van der Waals surface area (Å²) in [4.78, 5) is 27.2. The Morgan fingerprint density at radius 2 is 0.886 bits per heavy atom. The Morgan fingerprint density at radius 1 is 0.523 bits per heavy atom. The third kappa shape index (κ3) is 17.1. The van der Waals surface area contributed by atoms with Gasteiger partial charge in [0.1, 0.15) is 0 Å². The summed E-state index contributed by atoms with van der Waals surface area (Å²) in [7, 11) is 0. The Balaban J connectivity index is 1.59. The Hall–Kier alpha value is -1.72. The minimum atomic E-state index is -0.290. The van der Waals surface area contributed by atoms with Crippen LogP contribution < -0.4 is 0 Å². The maximum atomic E-state index is 12.9. The van der Waals surface area contributed by atoms with E-state index in [2.05, 4.69) is 13.8 Å². The second-order valence-corrected chi connectivity index (χ2v) is 13.1. The van der Waals surface area contributed by atoms with Crippen LogP contribution in [-0.2, 0) is 9.47 Å². The molecule has 44 heavy (non-hydrogen) atoms. The Labute approximate surface area is 271 Å². The molecule has 5 nitrogen and oxygen atoms in total. The number of fused-ring (bicyclic) bond motifs is 1. The number of benzene rings is 1. The molecule has 1 unspecified atom stereocenters. The number of amides is 2. The molecule has 1 aromatic rings. The van der Waals surface area contributed by atoms with Crippen molar-refractivity contribution in [3.63, 3.8) is 0 Å². The Bertz CT molecular complexity index is 821. The minimum Gasteiger partial charge on any atom is -0.379 e. The molecular formula is C39H67NO4. The van der Waals surface area contributed by atoms with Crippen molar-refractivity contribution in [3.05, 3.63) is 35.4 Å². The molecule has 2 amide bonds. The number of carbonyl (C=O) groups is 2. The molecule has 0 saturated heterocycles. The third-order valence-electron chi connectivity index (χ3n) is 9.06. The number of unbranched alkanes of at least 4 members (excludes halogenated alkanes) is 22. The number of hydrogen-bond acceptors (Lipinski definition) is 4. The van der Waals surface area contributed by atoms with Gasteiger partial charge in [-0.05, 0) is 25.0 Å². The molecule has 0 bridgehead atoms.